The molecule has 0 aliphatic rings. The Kier molecular flexibility index (Phi) is 7.75. The lowest BCUT2D eigenvalue weighted by Gasteiger charge is -2.20. The molecule has 8 heteroatoms. The van der Waals surface area contributed by atoms with Gasteiger partial charge in [0.15, 0.2) is 0 Å². The molecule has 1 amide bonds. The van der Waals surface area contributed by atoms with Crippen molar-refractivity contribution in [3.05, 3.63) is 95.6 Å². The second-order valence-electron chi connectivity index (χ2n) is 7.11. The van der Waals surface area contributed by atoms with E-state index in [0.717, 1.165) is 30.0 Å². The number of benzene rings is 3. The second-order valence-corrected chi connectivity index (χ2v) is 7.11. The fourth-order valence-electron chi connectivity index (χ4n) is 2.99. The summed E-state index contributed by atoms with van der Waals surface area (Å²) in [6.45, 7) is 0.778. The van der Waals surface area contributed by atoms with Crippen LogP contribution in [-0.4, -0.2) is 37.2 Å². The van der Waals surface area contributed by atoms with Crippen LogP contribution in [0.4, 0.5) is 20.2 Å². The number of ether oxygens (including phenoxy) is 1. The summed E-state index contributed by atoms with van der Waals surface area (Å²) in [7, 11) is 1.90. The molecule has 0 spiro atoms. The van der Waals surface area contributed by atoms with Gasteiger partial charge >= 0.3 is 5.97 Å². The van der Waals surface area contributed by atoms with E-state index >= 15 is 0 Å². The predicted molar refractivity (Wildman–Crippen MR) is 123 cm³/mol. The van der Waals surface area contributed by atoms with E-state index in [1.54, 1.807) is 0 Å². The summed E-state index contributed by atoms with van der Waals surface area (Å²) in [5.41, 5.74) is 1.30. The van der Waals surface area contributed by atoms with E-state index in [4.69, 9.17) is 9.84 Å². The molecule has 0 aromatic heterocycles. The molecular formula is C25H22F2N2O4. The number of aliphatic carboxylic acids is 1. The largest absolute Gasteiger partial charge is 0.491 e. The molecule has 0 aliphatic heterocycles. The van der Waals surface area contributed by atoms with Crippen LogP contribution in [0.25, 0.3) is 6.08 Å². The maximum Gasteiger partial charge on any atom is 0.328 e. The van der Waals surface area contributed by atoms with Crippen molar-refractivity contribution < 1.29 is 28.2 Å². The summed E-state index contributed by atoms with van der Waals surface area (Å²) in [5.74, 6) is -2.98. The molecule has 0 aliphatic carbocycles. The number of nitrogens with one attached hydrogen (secondary N) is 1. The van der Waals surface area contributed by atoms with Crippen molar-refractivity contribution >= 4 is 29.3 Å². The molecule has 0 radical (unpaired) electrons. The van der Waals surface area contributed by atoms with Gasteiger partial charge in [0.25, 0.3) is 5.91 Å². The van der Waals surface area contributed by atoms with Gasteiger partial charge in [0.05, 0.1) is 12.2 Å². The summed E-state index contributed by atoms with van der Waals surface area (Å²) >= 11 is 0. The van der Waals surface area contributed by atoms with Crippen LogP contribution in [0.2, 0.25) is 0 Å². The lowest BCUT2D eigenvalue weighted by atomic mass is 10.1. The molecule has 170 valence electrons. The van der Waals surface area contributed by atoms with Crippen molar-refractivity contribution in [2.45, 2.75) is 0 Å². The third-order valence-electron chi connectivity index (χ3n) is 4.74. The smallest absolute Gasteiger partial charge is 0.328 e. The zero-order valence-electron chi connectivity index (χ0n) is 17.8. The Hall–Kier alpha value is -4.20. The molecule has 2 N–H and O–H groups in total. The molecule has 3 rings (SSSR count). The number of nitrogens with zero attached hydrogens (tertiary/aromatic N) is 1. The number of hydrogen-bond acceptors (Lipinski definition) is 4. The molecule has 0 fully saturated rings. The molecule has 6 nitrogen and oxygen atoms in total. The maximum atomic E-state index is 13.9. The Morgan fingerprint density at radius 3 is 2.55 bits per heavy atom. The number of carboxylic acid groups (broad SMARTS) is 1. The van der Waals surface area contributed by atoms with Crippen LogP contribution in [0.3, 0.4) is 0 Å². The molecule has 0 saturated carbocycles. The van der Waals surface area contributed by atoms with Crippen molar-refractivity contribution in [1.29, 1.82) is 0 Å². The Labute approximate surface area is 189 Å². The summed E-state index contributed by atoms with van der Waals surface area (Å²) in [6.07, 6.45) is 2.31. The molecule has 0 saturated heterocycles. The first-order chi connectivity index (χ1) is 15.8. The average molecular weight is 452 g/mol. The number of likely N-dealkylation sites (N-methyl/N-ethyl adjacent to an activating group) is 1. The number of rotatable bonds is 9. The number of carboxylic acids is 1. The van der Waals surface area contributed by atoms with E-state index in [2.05, 4.69) is 5.32 Å². The highest BCUT2D eigenvalue weighted by atomic mass is 19.1. The summed E-state index contributed by atoms with van der Waals surface area (Å²) in [6, 6.07) is 16.8. The van der Waals surface area contributed by atoms with Crippen LogP contribution in [-0.2, 0) is 4.79 Å². The van der Waals surface area contributed by atoms with Crippen molar-refractivity contribution in [1.82, 2.24) is 0 Å². The van der Waals surface area contributed by atoms with Gasteiger partial charge in [-0.15, -0.1) is 0 Å². The summed E-state index contributed by atoms with van der Waals surface area (Å²) < 4.78 is 33.1. The van der Waals surface area contributed by atoms with Gasteiger partial charge in [-0.2, -0.15) is 0 Å². The molecular weight excluding hydrogens is 430 g/mol. The topological polar surface area (TPSA) is 78.9 Å². The number of halogens is 2. The van der Waals surface area contributed by atoms with Gasteiger partial charge < -0.3 is 20.1 Å². The lowest BCUT2D eigenvalue weighted by Crippen LogP contribution is -2.23. The van der Waals surface area contributed by atoms with Gasteiger partial charge in [-0.3, -0.25) is 4.79 Å². The van der Waals surface area contributed by atoms with Gasteiger partial charge in [0.2, 0.25) is 0 Å². The standard InChI is InChI=1S/C25H22F2N2O4/c1-29(20-5-3-2-4-6-20)13-14-33-23-15-18(8-7-17(23)9-12-24(30)31)25(32)28-22-16-19(26)10-11-21(22)27/h2-12,15-16H,13-14H2,1H3,(H,28,32)(H,30,31)/b12-9+. The van der Waals surface area contributed by atoms with Gasteiger partial charge in [0, 0.05) is 36.0 Å². The number of hydrogen-bond donors (Lipinski definition) is 2. The Bertz CT molecular complexity index is 1170. The SMILES string of the molecule is CN(CCOc1cc(C(=O)Nc2cc(F)ccc2F)ccc1/C=C/C(=O)O)c1ccccc1. The molecule has 0 atom stereocenters. The van der Waals surface area contributed by atoms with Crippen LogP contribution in [0, 0.1) is 11.6 Å². The molecule has 33 heavy (non-hydrogen) atoms. The lowest BCUT2D eigenvalue weighted by molar-refractivity contribution is -0.131. The highest BCUT2D eigenvalue weighted by Crippen LogP contribution is 2.24. The van der Waals surface area contributed by atoms with Crippen molar-refractivity contribution in [2.75, 3.05) is 30.4 Å². The normalized spacial score (nSPS) is 10.8. The van der Waals surface area contributed by atoms with Crippen LogP contribution in [0.1, 0.15) is 15.9 Å². The average Bonchev–Trinajstić information content (AvgIpc) is 2.80. The molecule has 0 unspecified atom stereocenters. The third kappa shape index (κ3) is 6.64. The van der Waals surface area contributed by atoms with Gasteiger partial charge in [0.1, 0.15) is 24.0 Å². The Morgan fingerprint density at radius 2 is 1.82 bits per heavy atom. The number of carbonyl (C=O) groups excluding carboxylic acids is 1. The number of para-hydroxylation sites is 1. The van der Waals surface area contributed by atoms with Crippen LogP contribution in [0.5, 0.6) is 5.75 Å². The minimum atomic E-state index is -1.13. The first kappa shape index (κ1) is 23.5. The van der Waals surface area contributed by atoms with Crippen LogP contribution >= 0.6 is 0 Å². The van der Waals surface area contributed by atoms with E-state index in [1.807, 2.05) is 42.3 Å². The Balaban J connectivity index is 1.77. The van der Waals surface area contributed by atoms with E-state index < -0.39 is 23.5 Å². The van der Waals surface area contributed by atoms with Gasteiger partial charge in [-0.05, 0) is 42.5 Å². The summed E-state index contributed by atoms with van der Waals surface area (Å²) in [5, 5.41) is 11.3. The highest BCUT2D eigenvalue weighted by molar-refractivity contribution is 6.04. The number of amides is 1. The summed E-state index contributed by atoms with van der Waals surface area (Å²) in [4.78, 5) is 25.5. The van der Waals surface area contributed by atoms with Crippen LogP contribution in [0.15, 0.2) is 72.8 Å². The highest BCUT2D eigenvalue weighted by Gasteiger charge is 2.13. The van der Waals surface area contributed by atoms with E-state index in [1.165, 1.54) is 24.3 Å². The fraction of sp³-hybridized carbons (Fsp3) is 0.120. The van der Waals surface area contributed by atoms with Crippen molar-refractivity contribution in [2.24, 2.45) is 0 Å². The number of carbonyl (C=O) groups is 2. The predicted octanol–water partition coefficient (Wildman–Crippen LogP) is 4.83. The molecule has 3 aromatic carbocycles. The minimum absolute atomic E-state index is 0.137. The van der Waals surface area contributed by atoms with Crippen molar-refractivity contribution in [3.8, 4) is 5.75 Å². The van der Waals surface area contributed by atoms with Gasteiger partial charge in [-0.1, -0.05) is 24.3 Å². The number of anilines is 2. The van der Waals surface area contributed by atoms with E-state index in [0.29, 0.717) is 12.1 Å². The van der Waals surface area contributed by atoms with Crippen LogP contribution < -0.4 is 15.0 Å². The first-order valence-electron chi connectivity index (χ1n) is 10.0. The quantitative estimate of drug-likeness (QED) is 0.455. The Morgan fingerprint density at radius 1 is 1.06 bits per heavy atom. The second kappa shape index (κ2) is 10.9. The molecule has 3 aromatic rings. The monoisotopic (exact) mass is 452 g/mol. The van der Waals surface area contributed by atoms with E-state index in [9.17, 15) is 18.4 Å². The first-order valence-corrected chi connectivity index (χ1v) is 10.0. The molecule has 0 heterocycles. The maximum absolute atomic E-state index is 13.9. The zero-order valence-corrected chi connectivity index (χ0v) is 17.8. The van der Waals surface area contributed by atoms with Crippen molar-refractivity contribution in [3.63, 3.8) is 0 Å². The third-order valence-corrected chi connectivity index (χ3v) is 4.74. The zero-order chi connectivity index (χ0) is 23.8. The van der Waals surface area contributed by atoms with Gasteiger partial charge in [-0.25, -0.2) is 13.6 Å². The molecule has 0 bridgehead atoms. The van der Waals surface area contributed by atoms with E-state index in [-0.39, 0.29) is 23.6 Å². The fourth-order valence-corrected chi connectivity index (χ4v) is 2.99. The minimum Gasteiger partial charge on any atom is -0.491 e.